The van der Waals surface area contributed by atoms with E-state index in [1.807, 2.05) is 24.3 Å². The molecule has 2 N–H and O–H groups in total. The molecular weight excluding hydrogens is 426 g/mol. The number of nitrogens with two attached hydrogens (primary N) is 1. The summed E-state index contributed by atoms with van der Waals surface area (Å²) in [5.74, 6) is -1.20. The summed E-state index contributed by atoms with van der Waals surface area (Å²) in [4.78, 5) is 14.1. The molecule has 0 saturated heterocycles. The number of methoxy groups -OCH3 is 1. The van der Waals surface area contributed by atoms with Gasteiger partial charge in [0.05, 0.1) is 42.2 Å². The van der Waals surface area contributed by atoms with Gasteiger partial charge in [0.2, 0.25) is 5.41 Å². The van der Waals surface area contributed by atoms with Crippen LogP contribution in [0.5, 0.6) is 0 Å². The normalized spacial score (nSPS) is 21.3. The molecule has 4 rings (SSSR count). The number of ether oxygens (including phenoxy) is 1. The summed E-state index contributed by atoms with van der Waals surface area (Å²) in [5, 5.41) is 30.2. The largest absolute Gasteiger partial charge is 0.465 e. The molecule has 1 aliphatic carbocycles. The van der Waals surface area contributed by atoms with Crippen LogP contribution in [0.1, 0.15) is 27.4 Å². The molecule has 0 spiro atoms. The van der Waals surface area contributed by atoms with Crippen molar-refractivity contribution >= 4 is 5.97 Å². The van der Waals surface area contributed by atoms with E-state index in [2.05, 4.69) is 35.2 Å². The minimum absolute atomic E-state index is 0.0129. The monoisotopic (exact) mass is 449 g/mol. The summed E-state index contributed by atoms with van der Waals surface area (Å²) < 4.78 is 4.79. The SMILES string of the molecule is COC(=O)c1ccc([C@H]2C(C#N)=C(N)C(C#N)(C#N)C3=CCN(Cc4ccccc4)C[C@@H]32)cc1. The Kier molecular flexibility index (Phi) is 6.19. The highest BCUT2D eigenvalue weighted by atomic mass is 16.5. The van der Waals surface area contributed by atoms with Crippen molar-refractivity contribution in [1.29, 1.82) is 15.8 Å². The van der Waals surface area contributed by atoms with E-state index in [1.165, 1.54) is 7.11 Å². The Morgan fingerprint density at radius 1 is 1.12 bits per heavy atom. The molecule has 2 aliphatic rings. The van der Waals surface area contributed by atoms with Crippen molar-refractivity contribution in [3.8, 4) is 18.2 Å². The van der Waals surface area contributed by atoms with Gasteiger partial charge in [-0.1, -0.05) is 48.5 Å². The number of allylic oxidation sites excluding steroid dienone is 2. The molecule has 2 aromatic rings. The summed E-state index contributed by atoms with van der Waals surface area (Å²) in [7, 11) is 1.32. The van der Waals surface area contributed by atoms with Crippen LogP contribution in [0, 0.1) is 45.3 Å². The number of benzene rings is 2. The molecule has 0 fully saturated rings. The molecule has 2 aromatic carbocycles. The fraction of sp³-hybridized carbons (Fsp3) is 0.259. The highest BCUT2D eigenvalue weighted by Gasteiger charge is 2.52. The number of nitrogens with zero attached hydrogens (tertiary/aromatic N) is 4. The second-order valence-electron chi connectivity index (χ2n) is 8.45. The number of carbonyl (C=O) groups excluding carboxylic acids is 1. The van der Waals surface area contributed by atoms with Crippen LogP contribution in [0.25, 0.3) is 0 Å². The van der Waals surface area contributed by atoms with Crippen LogP contribution in [-0.4, -0.2) is 31.1 Å². The summed E-state index contributed by atoms with van der Waals surface area (Å²) in [5.41, 5.74) is 7.87. The first-order valence-electron chi connectivity index (χ1n) is 10.9. The maximum absolute atomic E-state index is 11.9. The van der Waals surface area contributed by atoms with E-state index in [1.54, 1.807) is 24.3 Å². The lowest BCUT2D eigenvalue weighted by Crippen LogP contribution is -2.47. The van der Waals surface area contributed by atoms with Gasteiger partial charge in [-0.2, -0.15) is 15.8 Å². The Morgan fingerprint density at radius 3 is 2.38 bits per heavy atom. The maximum Gasteiger partial charge on any atom is 0.337 e. The zero-order valence-electron chi connectivity index (χ0n) is 18.7. The first-order valence-corrected chi connectivity index (χ1v) is 10.9. The fourth-order valence-corrected chi connectivity index (χ4v) is 4.99. The third-order valence-electron chi connectivity index (χ3n) is 6.66. The number of hydrogen-bond acceptors (Lipinski definition) is 7. The van der Waals surface area contributed by atoms with Crippen LogP contribution >= 0.6 is 0 Å². The maximum atomic E-state index is 11.9. The first-order chi connectivity index (χ1) is 16.5. The van der Waals surface area contributed by atoms with Crippen molar-refractivity contribution < 1.29 is 9.53 Å². The van der Waals surface area contributed by atoms with E-state index in [0.717, 1.165) is 11.1 Å². The van der Waals surface area contributed by atoms with Crippen molar-refractivity contribution in [3.05, 3.63) is 94.2 Å². The Balaban J connectivity index is 1.81. The van der Waals surface area contributed by atoms with E-state index in [4.69, 9.17) is 10.5 Å². The fourth-order valence-electron chi connectivity index (χ4n) is 4.99. The minimum atomic E-state index is -1.67. The topological polar surface area (TPSA) is 127 Å². The Labute approximate surface area is 198 Å². The number of esters is 1. The van der Waals surface area contributed by atoms with Crippen LogP contribution in [0.15, 0.2) is 77.5 Å². The van der Waals surface area contributed by atoms with Crippen molar-refractivity contribution in [3.63, 3.8) is 0 Å². The molecule has 0 bridgehead atoms. The van der Waals surface area contributed by atoms with E-state index in [-0.39, 0.29) is 17.2 Å². The number of rotatable bonds is 4. The molecule has 34 heavy (non-hydrogen) atoms. The molecule has 0 unspecified atom stereocenters. The van der Waals surface area contributed by atoms with Crippen LogP contribution in [0.4, 0.5) is 0 Å². The number of hydrogen-bond donors (Lipinski definition) is 1. The van der Waals surface area contributed by atoms with Crippen molar-refractivity contribution in [2.45, 2.75) is 12.5 Å². The molecule has 1 heterocycles. The van der Waals surface area contributed by atoms with Gasteiger partial charge in [-0.15, -0.1) is 0 Å². The lowest BCUT2D eigenvalue weighted by molar-refractivity contribution is 0.0600. The highest BCUT2D eigenvalue weighted by Crippen LogP contribution is 2.52. The lowest BCUT2D eigenvalue weighted by atomic mass is 9.60. The second kappa shape index (κ2) is 9.24. The average molecular weight is 450 g/mol. The summed E-state index contributed by atoms with van der Waals surface area (Å²) >= 11 is 0. The molecule has 0 amide bonds. The second-order valence-corrected chi connectivity index (χ2v) is 8.45. The van der Waals surface area contributed by atoms with Crippen LogP contribution in [0.3, 0.4) is 0 Å². The van der Waals surface area contributed by atoms with Gasteiger partial charge in [0.25, 0.3) is 0 Å². The number of carbonyl (C=O) groups is 1. The van der Waals surface area contributed by atoms with E-state index < -0.39 is 17.3 Å². The highest BCUT2D eigenvalue weighted by molar-refractivity contribution is 5.89. The van der Waals surface area contributed by atoms with Gasteiger partial charge in [-0.25, -0.2) is 4.79 Å². The van der Waals surface area contributed by atoms with E-state index in [9.17, 15) is 20.6 Å². The molecule has 0 saturated carbocycles. The van der Waals surface area contributed by atoms with Gasteiger partial charge >= 0.3 is 5.97 Å². The van der Waals surface area contributed by atoms with Crippen LogP contribution in [0.2, 0.25) is 0 Å². The summed E-state index contributed by atoms with van der Waals surface area (Å²) in [6, 6.07) is 23.3. The molecule has 1 aliphatic heterocycles. The first kappa shape index (κ1) is 22.8. The van der Waals surface area contributed by atoms with Crippen LogP contribution in [-0.2, 0) is 11.3 Å². The molecule has 7 nitrogen and oxygen atoms in total. The van der Waals surface area contributed by atoms with E-state index >= 15 is 0 Å². The summed E-state index contributed by atoms with van der Waals surface area (Å²) in [6.07, 6.45) is 1.92. The van der Waals surface area contributed by atoms with Gasteiger partial charge in [-0.3, -0.25) is 4.90 Å². The average Bonchev–Trinajstić information content (AvgIpc) is 2.88. The molecule has 0 aromatic heterocycles. The number of fused-ring (bicyclic) bond motifs is 1. The third-order valence-corrected chi connectivity index (χ3v) is 6.66. The Hall–Kier alpha value is -4.38. The number of nitriles is 3. The quantitative estimate of drug-likeness (QED) is 0.560. The van der Waals surface area contributed by atoms with Gasteiger partial charge in [-0.05, 0) is 28.8 Å². The van der Waals surface area contributed by atoms with Crippen molar-refractivity contribution in [1.82, 2.24) is 4.90 Å². The zero-order chi connectivity index (χ0) is 24.3. The predicted molar refractivity (Wildman–Crippen MR) is 124 cm³/mol. The minimum Gasteiger partial charge on any atom is -0.465 e. The standard InChI is InChI=1S/C27H23N5O2/c1-34-26(33)20-9-7-19(8-10-20)24-21(13-28)25(31)27(16-29,17-30)23-11-12-32(15-22(23)24)14-18-5-3-2-4-6-18/h2-11,22,24H,12,14-15,31H2,1H3/t22-,24-/m0/s1. The molecule has 7 heteroatoms. The Morgan fingerprint density at radius 2 is 1.79 bits per heavy atom. The van der Waals surface area contributed by atoms with Gasteiger partial charge in [0.1, 0.15) is 0 Å². The molecule has 0 radical (unpaired) electrons. The van der Waals surface area contributed by atoms with Gasteiger partial charge in [0.15, 0.2) is 0 Å². The van der Waals surface area contributed by atoms with Crippen LogP contribution < -0.4 is 5.73 Å². The molecule has 168 valence electrons. The van der Waals surface area contributed by atoms with Crippen molar-refractivity contribution in [2.75, 3.05) is 20.2 Å². The molecule has 2 atom stereocenters. The Bertz CT molecular complexity index is 1280. The smallest absolute Gasteiger partial charge is 0.337 e. The third kappa shape index (κ3) is 3.71. The molecular formula is C27H23N5O2. The predicted octanol–water partition coefficient (Wildman–Crippen LogP) is 3.40. The summed E-state index contributed by atoms with van der Waals surface area (Å²) in [6.45, 7) is 1.81. The van der Waals surface area contributed by atoms with Gasteiger partial charge in [0, 0.05) is 31.5 Å². The van der Waals surface area contributed by atoms with Gasteiger partial charge < -0.3 is 10.5 Å². The van der Waals surface area contributed by atoms with E-state index in [0.29, 0.717) is 30.8 Å². The zero-order valence-corrected chi connectivity index (χ0v) is 18.7. The lowest BCUT2D eigenvalue weighted by Gasteiger charge is -2.45. The van der Waals surface area contributed by atoms with Crippen molar-refractivity contribution in [2.24, 2.45) is 17.1 Å².